The molecular formula is C20H28N4O. The van der Waals surface area contributed by atoms with E-state index in [0.29, 0.717) is 12.5 Å². The average molecular weight is 340 g/mol. The predicted octanol–water partition coefficient (Wildman–Crippen LogP) is 2.66. The van der Waals surface area contributed by atoms with Gasteiger partial charge in [-0.25, -0.2) is 4.98 Å². The Kier molecular flexibility index (Phi) is 6.23. The molecule has 1 amide bonds. The topological polar surface area (TPSA) is 50.2 Å². The zero-order valence-corrected chi connectivity index (χ0v) is 15.0. The van der Waals surface area contributed by atoms with Gasteiger partial charge in [0.05, 0.1) is 12.9 Å². The molecule has 134 valence electrons. The van der Waals surface area contributed by atoms with Gasteiger partial charge in [0.1, 0.15) is 0 Å². The van der Waals surface area contributed by atoms with E-state index in [1.807, 2.05) is 10.8 Å². The molecule has 5 heteroatoms. The molecule has 0 radical (unpaired) electrons. The van der Waals surface area contributed by atoms with E-state index in [2.05, 4.69) is 52.5 Å². The van der Waals surface area contributed by atoms with E-state index in [-0.39, 0.29) is 11.9 Å². The molecule has 3 rings (SSSR count). The first-order valence-corrected chi connectivity index (χ1v) is 9.27. The molecular weight excluding hydrogens is 312 g/mol. The lowest BCUT2D eigenvalue weighted by Crippen LogP contribution is -2.45. The smallest absolute Gasteiger partial charge is 0.234 e. The Labute approximate surface area is 150 Å². The van der Waals surface area contributed by atoms with Crippen molar-refractivity contribution in [2.24, 2.45) is 0 Å². The summed E-state index contributed by atoms with van der Waals surface area (Å²) >= 11 is 0. The molecule has 1 atom stereocenters. The lowest BCUT2D eigenvalue weighted by atomic mass is 9.89. The van der Waals surface area contributed by atoms with Crippen LogP contribution in [-0.4, -0.2) is 46.0 Å². The van der Waals surface area contributed by atoms with Crippen LogP contribution in [0.3, 0.4) is 0 Å². The summed E-state index contributed by atoms with van der Waals surface area (Å²) in [5, 5.41) is 3.17. The second-order valence-electron chi connectivity index (χ2n) is 6.89. The lowest BCUT2D eigenvalue weighted by Gasteiger charge is -2.32. The van der Waals surface area contributed by atoms with Gasteiger partial charge in [-0.3, -0.25) is 9.69 Å². The van der Waals surface area contributed by atoms with Crippen LogP contribution < -0.4 is 5.32 Å². The standard InChI is InChI=1S/C20H28N4O/c1-2-19(14-24-13-10-21-16-24)22-20(25)15-23-11-8-18(9-12-23)17-6-4-3-5-7-17/h3-7,10,13,16,18-19H,2,8-9,11-12,14-15H2,1H3,(H,22,25). The van der Waals surface area contributed by atoms with Gasteiger partial charge in [-0.2, -0.15) is 0 Å². The van der Waals surface area contributed by atoms with Crippen molar-refractivity contribution in [3.8, 4) is 0 Å². The van der Waals surface area contributed by atoms with Gasteiger partial charge in [-0.15, -0.1) is 0 Å². The van der Waals surface area contributed by atoms with Crippen LogP contribution in [0.25, 0.3) is 0 Å². The molecule has 5 nitrogen and oxygen atoms in total. The summed E-state index contributed by atoms with van der Waals surface area (Å²) in [7, 11) is 0. The van der Waals surface area contributed by atoms with Gasteiger partial charge < -0.3 is 9.88 Å². The maximum atomic E-state index is 12.4. The number of carbonyl (C=O) groups is 1. The number of likely N-dealkylation sites (tertiary alicyclic amines) is 1. The summed E-state index contributed by atoms with van der Waals surface area (Å²) in [6, 6.07) is 10.9. The maximum Gasteiger partial charge on any atom is 0.234 e. The Bertz CT molecular complexity index is 633. The molecule has 0 saturated carbocycles. The maximum absolute atomic E-state index is 12.4. The highest BCUT2D eigenvalue weighted by atomic mass is 16.2. The number of hydrogen-bond donors (Lipinski definition) is 1. The van der Waals surface area contributed by atoms with Gasteiger partial charge in [0, 0.05) is 25.0 Å². The molecule has 1 aliphatic rings. The highest BCUT2D eigenvalue weighted by Gasteiger charge is 2.22. The molecule has 2 heterocycles. The molecule has 0 aliphatic carbocycles. The van der Waals surface area contributed by atoms with Crippen LogP contribution in [0.15, 0.2) is 49.1 Å². The van der Waals surface area contributed by atoms with Crippen molar-refractivity contribution in [2.75, 3.05) is 19.6 Å². The minimum Gasteiger partial charge on any atom is -0.350 e. The second kappa shape index (κ2) is 8.81. The number of carbonyl (C=O) groups excluding carboxylic acids is 1. The van der Waals surface area contributed by atoms with Gasteiger partial charge >= 0.3 is 0 Å². The highest BCUT2D eigenvalue weighted by Crippen LogP contribution is 2.27. The van der Waals surface area contributed by atoms with Gasteiger partial charge in [0.2, 0.25) is 5.91 Å². The first-order chi connectivity index (χ1) is 12.2. The zero-order chi connectivity index (χ0) is 17.5. The molecule has 1 fully saturated rings. The van der Waals surface area contributed by atoms with E-state index in [0.717, 1.165) is 38.9 Å². The fourth-order valence-corrected chi connectivity index (χ4v) is 3.55. The predicted molar refractivity (Wildman–Crippen MR) is 99.3 cm³/mol. The van der Waals surface area contributed by atoms with Gasteiger partial charge in [0.15, 0.2) is 0 Å². The van der Waals surface area contributed by atoms with Crippen molar-refractivity contribution in [1.29, 1.82) is 0 Å². The molecule has 1 aromatic heterocycles. The monoisotopic (exact) mass is 340 g/mol. The first kappa shape index (κ1) is 17.7. The van der Waals surface area contributed by atoms with Crippen LogP contribution in [0.1, 0.15) is 37.7 Å². The van der Waals surface area contributed by atoms with Crippen molar-refractivity contribution < 1.29 is 4.79 Å². The fraction of sp³-hybridized carbons (Fsp3) is 0.500. The summed E-state index contributed by atoms with van der Waals surface area (Å²) in [4.78, 5) is 18.7. The van der Waals surface area contributed by atoms with E-state index in [4.69, 9.17) is 0 Å². The van der Waals surface area contributed by atoms with Crippen molar-refractivity contribution >= 4 is 5.91 Å². The van der Waals surface area contributed by atoms with Crippen LogP contribution in [-0.2, 0) is 11.3 Å². The number of rotatable bonds is 7. The number of nitrogens with zero attached hydrogens (tertiary/aromatic N) is 3. The van der Waals surface area contributed by atoms with E-state index in [9.17, 15) is 4.79 Å². The third-order valence-electron chi connectivity index (χ3n) is 5.07. The van der Waals surface area contributed by atoms with Crippen molar-refractivity contribution in [3.63, 3.8) is 0 Å². The summed E-state index contributed by atoms with van der Waals surface area (Å²) < 4.78 is 2.01. The summed E-state index contributed by atoms with van der Waals surface area (Å²) in [5.41, 5.74) is 1.43. The Morgan fingerprint density at radius 2 is 2.04 bits per heavy atom. The van der Waals surface area contributed by atoms with Crippen molar-refractivity contribution in [1.82, 2.24) is 19.8 Å². The lowest BCUT2D eigenvalue weighted by molar-refractivity contribution is -0.123. The van der Waals surface area contributed by atoms with E-state index >= 15 is 0 Å². The van der Waals surface area contributed by atoms with E-state index in [1.54, 1.807) is 12.5 Å². The third-order valence-corrected chi connectivity index (χ3v) is 5.07. The van der Waals surface area contributed by atoms with E-state index < -0.39 is 0 Å². The molecule has 0 spiro atoms. The van der Waals surface area contributed by atoms with Crippen molar-refractivity contribution in [3.05, 3.63) is 54.6 Å². The number of benzene rings is 1. The number of aromatic nitrogens is 2. The van der Waals surface area contributed by atoms with Gasteiger partial charge in [-0.05, 0) is 43.8 Å². The van der Waals surface area contributed by atoms with E-state index in [1.165, 1.54) is 5.56 Å². The molecule has 25 heavy (non-hydrogen) atoms. The number of imidazole rings is 1. The summed E-state index contributed by atoms with van der Waals surface area (Å²) in [5.74, 6) is 0.760. The third kappa shape index (κ3) is 5.16. The first-order valence-electron chi connectivity index (χ1n) is 9.27. The normalized spacial score (nSPS) is 17.3. The number of hydrogen-bond acceptors (Lipinski definition) is 3. The van der Waals surface area contributed by atoms with Gasteiger partial charge in [-0.1, -0.05) is 37.3 Å². The minimum absolute atomic E-state index is 0.130. The Morgan fingerprint density at radius 1 is 1.28 bits per heavy atom. The van der Waals surface area contributed by atoms with Gasteiger partial charge in [0.25, 0.3) is 0 Å². The minimum atomic E-state index is 0.130. The van der Waals surface area contributed by atoms with Crippen LogP contribution >= 0.6 is 0 Å². The molecule has 1 unspecified atom stereocenters. The number of amides is 1. The number of piperidine rings is 1. The average Bonchev–Trinajstić information content (AvgIpc) is 3.15. The molecule has 0 bridgehead atoms. The molecule has 1 N–H and O–H groups in total. The van der Waals surface area contributed by atoms with Crippen molar-refractivity contribution in [2.45, 2.75) is 44.7 Å². The molecule has 1 aromatic carbocycles. The van der Waals surface area contributed by atoms with Crippen LogP contribution in [0.4, 0.5) is 0 Å². The molecule has 1 saturated heterocycles. The van der Waals surface area contributed by atoms with Crippen LogP contribution in [0, 0.1) is 0 Å². The zero-order valence-electron chi connectivity index (χ0n) is 15.0. The number of nitrogens with one attached hydrogen (secondary N) is 1. The Hall–Kier alpha value is -2.14. The molecule has 1 aliphatic heterocycles. The van der Waals surface area contributed by atoms with Crippen LogP contribution in [0.5, 0.6) is 0 Å². The summed E-state index contributed by atoms with van der Waals surface area (Å²) in [6.45, 7) is 5.37. The fourth-order valence-electron chi connectivity index (χ4n) is 3.55. The summed E-state index contributed by atoms with van der Waals surface area (Å²) in [6.07, 6.45) is 8.67. The second-order valence-corrected chi connectivity index (χ2v) is 6.89. The molecule has 2 aromatic rings. The largest absolute Gasteiger partial charge is 0.350 e. The Balaban J connectivity index is 1.42. The highest BCUT2D eigenvalue weighted by molar-refractivity contribution is 5.78. The SMILES string of the molecule is CCC(Cn1ccnc1)NC(=O)CN1CCC(c2ccccc2)CC1. The van der Waals surface area contributed by atoms with Crippen LogP contribution in [0.2, 0.25) is 0 Å². The quantitative estimate of drug-likeness (QED) is 0.843. The Morgan fingerprint density at radius 3 is 2.68 bits per heavy atom.